The van der Waals surface area contributed by atoms with E-state index in [1.165, 1.54) is 12.8 Å². The van der Waals surface area contributed by atoms with E-state index in [1.54, 1.807) is 0 Å². The van der Waals surface area contributed by atoms with E-state index in [-0.39, 0.29) is 0 Å². The third-order valence-electron chi connectivity index (χ3n) is 3.73. The summed E-state index contributed by atoms with van der Waals surface area (Å²) in [6, 6.07) is 7.65. The summed E-state index contributed by atoms with van der Waals surface area (Å²) in [4.78, 5) is 2.11. The van der Waals surface area contributed by atoms with Crippen LogP contribution in [0.2, 0.25) is 0 Å². The van der Waals surface area contributed by atoms with Gasteiger partial charge in [-0.05, 0) is 50.4 Å². The molecule has 2 rings (SSSR count). The Labute approximate surface area is 127 Å². The zero-order chi connectivity index (χ0) is 15.1. The van der Waals surface area contributed by atoms with Crippen LogP contribution in [-0.4, -0.2) is 50.0 Å². The average molecular weight is 293 g/mol. The highest BCUT2D eigenvalue weighted by Crippen LogP contribution is 2.28. The molecule has 1 unspecified atom stereocenters. The van der Waals surface area contributed by atoms with Crippen molar-refractivity contribution in [3.63, 3.8) is 0 Å². The van der Waals surface area contributed by atoms with Gasteiger partial charge in [0.15, 0.2) is 0 Å². The second-order valence-electron chi connectivity index (χ2n) is 5.80. The topological polar surface area (TPSA) is 41.9 Å². The van der Waals surface area contributed by atoms with E-state index in [9.17, 15) is 5.11 Å². The summed E-state index contributed by atoms with van der Waals surface area (Å²) in [5, 5.41) is 10.2. The van der Waals surface area contributed by atoms with E-state index in [1.807, 2.05) is 38.2 Å². The fourth-order valence-corrected chi connectivity index (χ4v) is 2.20. The molecule has 21 heavy (non-hydrogen) atoms. The summed E-state index contributed by atoms with van der Waals surface area (Å²) >= 11 is 0. The van der Waals surface area contributed by atoms with Crippen LogP contribution in [0.25, 0.3) is 0 Å². The van der Waals surface area contributed by atoms with E-state index < -0.39 is 6.10 Å². The van der Waals surface area contributed by atoms with Crippen LogP contribution < -0.4 is 4.74 Å². The Hall–Kier alpha value is -1.10. The monoisotopic (exact) mass is 293 g/mol. The maximum atomic E-state index is 10.2. The lowest BCUT2D eigenvalue weighted by Crippen LogP contribution is -2.28. The van der Waals surface area contributed by atoms with Gasteiger partial charge in [-0.1, -0.05) is 12.1 Å². The van der Waals surface area contributed by atoms with Crippen molar-refractivity contribution in [3.8, 4) is 5.75 Å². The SMILES string of the molecule is CCOc1ccc(C(O)CN(C)CCOCC2CC2)cc1. The first-order chi connectivity index (χ1) is 10.2. The highest BCUT2D eigenvalue weighted by Gasteiger charge is 2.21. The van der Waals surface area contributed by atoms with Crippen LogP contribution in [-0.2, 0) is 4.74 Å². The molecule has 0 aliphatic heterocycles. The van der Waals surface area contributed by atoms with Crippen molar-refractivity contribution in [3.05, 3.63) is 29.8 Å². The van der Waals surface area contributed by atoms with Gasteiger partial charge in [0.2, 0.25) is 0 Å². The molecule has 118 valence electrons. The highest BCUT2D eigenvalue weighted by molar-refractivity contribution is 5.28. The molecule has 0 bridgehead atoms. The smallest absolute Gasteiger partial charge is 0.119 e. The molecule has 1 fully saturated rings. The second kappa shape index (κ2) is 8.37. The van der Waals surface area contributed by atoms with Crippen molar-refractivity contribution < 1.29 is 14.6 Å². The van der Waals surface area contributed by atoms with Crippen molar-refractivity contribution >= 4 is 0 Å². The van der Waals surface area contributed by atoms with Crippen LogP contribution in [0.4, 0.5) is 0 Å². The molecule has 0 heterocycles. The minimum atomic E-state index is -0.478. The number of aliphatic hydroxyl groups excluding tert-OH is 1. The Bertz CT molecular complexity index is 403. The van der Waals surface area contributed by atoms with Crippen LogP contribution in [0.3, 0.4) is 0 Å². The maximum Gasteiger partial charge on any atom is 0.119 e. The number of likely N-dealkylation sites (N-methyl/N-ethyl adjacent to an activating group) is 1. The van der Waals surface area contributed by atoms with Crippen molar-refractivity contribution in [2.24, 2.45) is 5.92 Å². The summed E-state index contributed by atoms with van der Waals surface area (Å²) < 4.78 is 11.0. The van der Waals surface area contributed by atoms with Gasteiger partial charge in [0.25, 0.3) is 0 Å². The largest absolute Gasteiger partial charge is 0.494 e. The van der Waals surface area contributed by atoms with Gasteiger partial charge < -0.3 is 19.5 Å². The molecule has 1 aliphatic rings. The Balaban J connectivity index is 1.67. The molecule has 0 radical (unpaired) electrons. The molecule has 1 aromatic carbocycles. The lowest BCUT2D eigenvalue weighted by atomic mass is 10.1. The minimum absolute atomic E-state index is 0.478. The molecule has 4 heteroatoms. The number of aliphatic hydroxyl groups is 1. The van der Waals surface area contributed by atoms with E-state index >= 15 is 0 Å². The fourth-order valence-electron chi connectivity index (χ4n) is 2.20. The van der Waals surface area contributed by atoms with Gasteiger partial charge in [-0.15, -0.1) is 0 Å². The second-order valence-corrected chi connectivity index (χ2v) is 5.80. The zero-order valence-corrected chi connectivity index (χ0v) is 13.1. The van der Waals surface area contributed by atoms with Crippen molar-refractivity contribution in [1.29, 1.82) is 0 Å². The summed E-state index contributed by atoms with van der Waals surface area (Å²) in [7, 11) is 2.01. The molecule has 4 nitrogen and oxygen atoms in total. The number of hydrogen-bond donors (Lipinski definition) is 1. The van der Waals surface area contributed by atoms with Crippen LogP contribution in [0.15, 0.2) is 24.3 Å². The molecule has 1 aromatic rings. The molecular weight excluding hydrogens is 266 g/mol. The Morgan fingerprint density at radius 2 is 2.00 bits per heavy atom. The summed E-state index contributed by atoms with van der Waals surface area (Å²) in [6.45, 7) is 5.72. The van der Waals surface area contributed by atoms with Crippen molar-refractivity contribution in [2.75, 3.05) is 40.0 Å². The minimum Gasteiger partial charge on any atom is -0.494 e. The van der Waals surface area contributed by atoms with Crippen LogP contribution >= 0.6 is 0 Å². The number of benzene rings is 1. The van der Waals surface area contributed by atoms with Crippen LogP contribution in [0, 0.1) is 5.92 Å². The fraction of sp³-hybridized carbons (Fsp3) is 0.647. The predicted molar refractivity (Wildman–Crippen MR) is 83.6 cm³/mol. The quantitative estimate of drug-likeness (QED) is 0.673. The normalized spacial score (nSPS) is 16.2. The molecule has 0 spiro atoms. The van der Waals surface area contributed by atoms with Crippen molar-refractivity contribution in [2.45, 2.75) is 25.9 Å². The van der Waals surface area contributed by atoms with Gasteiger partial charge in [-0.25, -0.2) is 0 Å². The van der Waals surface area contributed by atoms with E-state index in [0.717, 1.165) is 37.0 Å². The van der Waals surface area contributed by atoms with Gasteiger partial charge in [-0.3, -0.25) is 0 Å². The Morgan fingerprint density at radius 1 is 1.29 bits per heavy atom. The number of nitrogens with zero attached hydrogens (tertiary/aromatic N) is 1. The Kier molecular flexibility index (Phi) is 6.49. The standard InChI is InChI=1S/C17H27NO3/c1-3-21-16-8-6-15(7-9-16)17(19)12-18(2)10-11-20-13-14-4-5-14/h6-9,14,17,19H,3-5,10-13H2,1-2H3. The van der Waals surface area contributed by atoms with E-state index in [4.69, 9.17) is 9.47 Å². The molecule has 1 aliphatic carbocycles. The molecule has 1 atom stereocenters. The summed E-state index contributed by atoms with van der Waals surface area (Å²) in [5.74, 6) is 1.65. The molecule has 0 saturated heterocycles. The first-order valence-electron chi connectivity index (χ1n) is 7.86. The Morgan fingerprint density at radius 3 is 2.62 bits per heavy atom. The number of rotatable bonds is 10. The number of ether oxygens (including phenoxy) is 2. The summed E-state index contributed by atoms with van der Waals surface area (Å²) in [6.07, 6.45) is 2.17. The first-order valence-corrected chi connectivity index (χ1v) is 7.86. The third kappa shape index (κ3) is 6.04. The highest BCUT2D eigenvalue weighted by atomic mass is 16.5. The molecule has 0 amide bonds. The zero-order valence-electron chi connectivity index (χ0n) is 13.1. The van der Waals surface area contributed by atoms with E-state index in [2.05, 4.69) is 4.90 Å². The lowest BCUT2D eigenvalue weighted by molar-refractivity contribution is 0.0794. The van der Waals surface area contributed by atoms with Gasteiger partial charge in [0.05, 0.1) is 19.3 Å². The molecule has 1 N–H and O–H groups in total. The van der Waals surface area contributed by atoms with Gasteiger partial charge in [0, 0.05) is 19.7 Å². The van der Waals surface area contributed by atoms with Gasteiger partial charge >= 0.3 is 0 Å². The summed E-state index contributed by atoms with van der Waals surface area (Å²) in [5.41, 5.74) is 0.921. The predicted octanol–water partition coefficient (Wildman–Crippen LogP) is 2.48. The van der Waals surface area contributed by atoms with Crippen LogP contribution in [0.5, 0.6) is 5.75 Å². The maximum absolute atomic E-state index is 10.2. The molecular formula is C17H27NO3. The molecule has 0 aromatic heterocycles. The van der Waals surface area contributed by atoms with E-state index in [0.29, 0.717) is 13.2 Å². The first kappa shape index (κ1) is 16.3. The van der Waals surface area contributed by atoms with Gasteiger partial charge in [-0.2, -0.15) is 0 Å². The molecule has 1 saturated carbocycles. The van der Waals surface area contributed by atoms with Crippen molar-refractivity contribution in [1.82, 2.24) is 4.90 Å². The van der Waals surface area contributed by atoms with Gasteiger partial charge in [0.1, 0.15) is 5.75 Å². The lowest BCUT2D eigenvalue weighted by Gasteiger charge is -2.21. The third-order valence-corrected chi connectivity index (χ3v) is 3.73. The average Bonchev–Trinajstić information content (AvgIpc) is 3.29. The number of hydrogen-bond acceptors (Lipinski definition) is 4. The van der Waals surface area contributed by atoms with Crippen LogP contribution in [0.1, 0.15) is 31.4 Å².